The molecule has 4 rings (SSSR count). The van der Waals surface area contributed by atoms with Gasteiger partial charge in [0.25, 0.3) is 5.91 Å². The number of benzene rings is 1. The number of aromatic nitrogens is 1. The highest BCUT2D eigenvalue weighted by atomic mass is 19.4. The number of alkyl halides is 3. The van der Waals surface area contributed by atoms with Crippen LogP contribution >= 0.6 is 0 Å². The van der Waals surface area contributed by atoms with Crippen LogP contribution in [0.25, 0.3) is 0 Å². The Morgan fingerprint density at radius 1 is 1.29 bits per heavy atom. The summed E-state index contributed by atoms with van der Waals surface area (Å²) in [6.07, 6.45) is -2.45. The lowest BCUT2D eigenvalue weighted by molar-refractivity contribution is -0.137. The molecule has 2 aromatic rings. The number of piperidine rings is 1. The number of nitriles is 1. The Kier molecular flexibility index (Phi) is 5.35. The van der Waals surface area contributed by atoms with E-state index >= 15 is 0 Å². The molecule has 1 amide bonds. The van der Waals surface area contributed by atoms with E-state index in [9.17, 15) is 23.1 Å². The van der Waals surface area contributed by atoms with E-state index in [0.29, 0.717) is 44.0 Å². The van der Waals surface area contributed by atoms with E-state index < -0.39 is 22.7 Å². The fourth-order valence-electron chi connectivity index (χ4n) is 4.70. The van der Waals surface area contributed by atoms with E-state index in [1.54, 1.807) is 40.3 Å². The summed E-state index contributed by atoms with van der Waals surface area (Å²) in [6, 6.07) is 10.4. The second-order valence-electron chi connectivity index (χ2n) is 8.17. The minimum atomic E-state index is -4.63. The van der Waals surface area contributed by atoms with E-state index in [-0.39, 0.29) is 18.4 Å². The van der Waals surface area contributed by atoms with Crippen molar-refractivity contribution in [1.82, 2.24) is 9.88 Å². The molecule has 31 heavy (non-hydrogen) atoms. The number of amides is 1. The second kappa shape index (κ2) is 7.85. The number of halogens is 3. The number of rotatable bonds is 3. The smallest absolute Gasteiger partial charge is 0.396 e. The summed E-state index contributed by atoms with van der Waals surface area (Å²) in [5.41, 5.74) is -1.34. The summed E-state index contributed by atoms with van der Waals surface area (Å²) in [6.45, 7) is 1.43. The highest BCUT2D eigenvalue weighted by Gasteiger charge is 2.51. The Bertz CT molecular complexity index is 1020. The molecule has 3 heterocycles. The van der Waals surface area contributed by atoms with Crippen molar-refractivity contribution in [2.45, 2.75) is 12.6 Å². The van der Waals surface area contributed by atoms with Crippen LogP contribution in [0.2, 0.25) is 0 Å². The zero-order valence-electron chi connectivity index (χ0n) is 16.6. The first-order chi connectivity index (χ1) is 14.8. The van der Waals surface area contributed by atoms with Crippen LogP contribution < -0.4 is 4.90 Å². The molecule has 1 aromatic carbocycles. The standard InChI is InChI=1S/C22H21F3N4O2/c23-22(24,25)18-9-17(5-4-15(18)10-26)28-8-6-16-11-29(13-21(16,12-28)14-30)20(31)19-3-1-2-7-27-19/h1-5,7,9,16,30H,6,8,11-14H2/t16-,21+/m1/s1. The molecular formula is C22H21F3N4O2. The third kappa shape index (κ3) is 3.83. The van der Waals surface area contributed by atoms with Gasteiger partial charge in [-0.3, -0.25) is 9.78 Å². The van der Waals surface area contributed by atoms with Crippen molar-refractivity contribution in [2.75, 3.05) is 37.7 Å². The average molecular weight is 430 g/mol. The van der Waals surface area contributed by atoms with Gasteiger partial charge in [-0.05, 0) is 42.7 Å². The summed E-state index contributed by atoms with van der Waals surface area (Å²) < 4.78 is 40.1. The molecule has 2 aliphatic heterocycles. The predicted molar refractivity (Wildman–Crippen MR) is 106 cm³/mol. The molecule has 162 valence electrons. The van der Waals surface area contributed by atoms with E-state index in [0.717, 1.165) is 6.07 Å². The molecule has 2 saturated heterocycles. The lowest BCUT2D eigenvalue weighted by Crippen LogP contribution is -2.51. The van der Waals surface area contributed by atoms with Gasteiger partial charge in [-0.1, -0.05) is 6.07 Å². The molecule has 0 bridgehead atoms. The molecule has 0 aliphatic carbocycles. The van der Waals surface area contributed by atoms with Crippen LogP contribution in [0.15, 0.2) is 42.6 Å². The molecular weight excluding hydrogens is 409 g/mol. The lowest BCUT2D eigenvalue weighted by Gasteiger charge is -2.44. The van der Waals surface area contributed by atoms with Gasteiger partial charge >= 0.3 is 6.18 Å². The maximum absolute atomic E-state index is 13.4. The number of carbonyl (C=O) groups excluding carboxylic acids is 1. The number of pyridine rings is 1. The first-order valence-corrected chi connectivity index (χ1v) is 9.95. The van der Waals surface area contributed by atoms with Crippen LogP contribution in [0, 0.1) is 22.7 Å². The Labute approximate surface area is 177 Å². The topological polar surface area (TPSA) is 80.5 Å². The van der Waals surface area contributed by atoms with Crippen molar-refractivity contribution in [3.8, 4) is 6.07 Å². The Hall–Kier alpha value is -3.12. The minimum Gasteiger partial charge on any atom is -0.396 e. The zero-order chi connectivity index (χ0) is 22.2. The van der Waals surface area contributed by atoms with Crippen molar-refractivity contribution >= 4 is 11.6 Å². The molecule has 2 aliphatic rings. The normalized spacial score (nSPS) is 23.4. The first kappa shape index (κ1) is 21.1. The molecule has 0 saturated carbocycles. The van der Waals surface area contributed by atoms with Crippen molar-refractivity contribution < 1.29 is 23.1 Å². The Morgan fingerprint density at radius 2 is 2.10 bits per heavy atom. The monoisotopic (exact) mass is 430 g/mol. The van der Waals surface area contributed by atoms with Crippen LogP contribution in [-0.2, 0) is 6.18 Å². The van der Waals surface area contributed by atoms with Crippen molar-refractivity contribution in [2.24, 2.45) is 11.3 Å². The SMILES string of the molecule is N#Cc1ccc(N2CC[C@@H]3CN(C(=O)c4ccccn4)C[C@]3(CO)C2)cc1C(F)(F)F. The minimum absolute atomic E-state index is 0.0434. The van der Waals surface area contributed by atoms with E-state index in [1.165, 1.54) is 12.1 Å². The molecule has 6 nitrogen and oxygen atoms in total. The molecule has 2 fully saturated rings. The molecule has 0 spiro atoms. The molecule has 2 atom stereocenters. The third-order valence-electron chi connectivity index (χ3n) is 6.35. The maximum atomic E-state index is 13.4. The van der Waals surface area contributed by atoms with Crippen LogP contribution in [0.5, 0.6) is 0 Å². The van der Waals surface area contributed by atoms with Crippen LogP contribution in [0.4, 0.5) is 18.9 Å². The second-order valence-corrected chi connectivity index (χ2v) is 8.17. The number of hydrogen-bond acceptors (Lipinski definition) is 5. The van der Waals surface area contributed by atoms with Crippen molar-refractivity contribution in [3.63, 3.8) is 0 Å². The van der Waals surface area contributed by atoms with Crippen molar-refractivity contribution in [3.05, 3.63) is 59.4 Å². The van der Waals surface area contributed by atoms with Gasteiger partial charge < -0.3 is 14.9 Å². The van der Waals surface area contributed by atoms with E-state index in [2.05, 4.69) is 4.98 Å². The fourth-order valence-corrected chi connectivity index (χ4v) is 4.70. The fraction of sp³-hybridized carbons (Fsp3) is 0.409. The van der Waals surface area contributed by atoms with Gasteiger partial charge in [-0.15, -0.1) is 0 Å². The quantitative estimate of drug-likeness (QED) is 0.810. The number of carbonyl (C=O) groups is 1. The number of hydrogen-bond donors (Lipinski definition) is 1. The summed E-state index contributed by atoms with van der Waals surface area (Å²) in [7, 11) is 0. The predicted octanol–water partition coefficient (Wildman–Crippen LogP) is 2.93. The van der Waals surface area contributed by atoms with Gasteiger partial charge in [0.15, 0.2) is 0 Å². The van der Waals surface area contributed by atoms with Gasteiger partial charge in [0.1, 0.15) is 5.69 Å². The number of aliphatic hydroxyl groups is 1. The highest BCUT2D eigenvalue weighted by Crippen LogP contribution is 2.44. The summed E-state index contributed by atoms with van der Waals surface area (Å²) >= 11 is 0. The van der Waals surface area contributed by atoms with Gasteiger partial charge in [0.2, 0.25) is 0 Å². The summed E-state index contributed by atoms with van der Waals surface area (Å²) in [4.78, 5) is 20.4. The molecule has 1 aromatic heterocycles. The molecule has 0 radical (unpaired) electrons. The Morgan fingerprint density at radius 3 is 2.74 bits per heavy atom. The van der Waals surface area contributed by atoms with E-state index in [4.69, 9.17) is 5.26 Å². The van der Waals surface area contributed by atoms with Gasteiger partial charge in [0.05, 0.1) is 23.8 Å². The molecule has 0 unspecified atom stereocenters. The number of nitrogens with zero attached hydrogens (tertiary/aromatic N) is 4. The Balaban J connectivity index is 1.58. The number of anilines is 1. The molecule has 9 heteroatoms. The van der Waals surface area contributed by atoms with E-state index in [1.807, 2.05) is 0 Å². The summed E-state index contributed by atoms with van der Waals surface area (Å²) in [5.74, 6) is -0.172. The largest absolute Gasteiger partial charge is 0.417 e. The lowest BCUT2D eigenvalue weighted by atomic mass is 9.74. The number of fused-ring (bicyclic) bond motifs is 1. The van der Waals surface area contributed by atoms with Crippen LogP contribution in [0.1, 0.15) is 28.0 Å². The van der Waals surface area contributed by atoms with Gasteiger partial charge in [-0.2, -0.15) is 18.4 Å². The van der Waals surface area contributed by atoms with Gasteiger partial charge in [-0.25, -0.2) is 0 Å². The van der Waals surface area contributed by atoms with Gasteiger partial charge in [0, 0.05) is 43.5 Å². The van der Waals surface area contributed by atoms with Crippen LogP contribution in [0.3, 0.4) is 0 Å². The zero-order valence-corrected chi connectivity index (χ0v) is 16.6. The number of aliphatic hydroxyl groups excluding tert-OH is 1. The maximum Gasteiger partial charge on any atom is 0.417 e. The molecule has 1 N–H and O–H groups in total. The highest BCUT2D eigenvalue weighted by molar-refractivity contribution is 5.92. The van der Waals surface area contributed by atoms with Crippen molar-refractivity contribution in [1.29, 1.82) is 5.26 Å². The summed E-state index contributed by atoms with van der Waals surface area (Å²) in [5, 5.41) is 19.3. The first-order valence-electron chi connectivity index (χ1n) is 9.95. The average Bonchev–Trinajstić information content (AvgIpc) is 3.17. The van der Waals surface area contributed by atoms with Crippen LogP contribution in [-0.4, -0.2) is 53.7 Å². The number of likely N-dealkylation sites (tertiary alicyclic amines) is 1. The third-order valence-corrected chi connectivity index (χ3v) is 6.35.